The van der Waals surface area contributed by atoms with Crippen molar-refractivity contribution in [2.75, 3.05) is 0 Å². The maximum absolute atomic E-state index is 13.5. The second-order valence-electron chi connectivity index (χ2n) is 3.47. The van der Waals surface area contributed by atoms with Crippen LogP contribution in [0.25, 0.3) is 0 Å². The first-order chi connectivity index (χ1) is 8.08. The van der Waals surface area contributed by atoms with E-state index < -0.39 is 17.7 Å². The standard InChI is InChI=1S/C12H8BrF2NO/c13-7-1-3-10(15)9(5-7)12(17)11-4-2-8(14)6-16-11/h1-6,12,17H. The molecule has 88 valence electrons. The Morgan fingerprint density at radius 3 is 2.59 bits per heavy atom. The summed E-state index contributed by atoms with van der Waals surface area (Å²) < 4.78 is 26.8. The van der Waals surface area contributed by atoms with Gasteiger partial charge in [0.1, 0.15) is 17.7 Å². The Hall–Kier alpha value is -1.33. The van der Waals surface area contributed by atoms with Gasteiger partial charge in [0.05, 0.1) is 11.9 Å². The molecule has 0 amide bonds. The van der Waals surface area contributed by atoms with Gasteiger partial charge in [-0.3, -0.25) is 4.98 Å². The fourth-order valence-corrected chi connectivity index (χ4v) is 1.81. The summed E-state index contributed by atoms with van der Waals surface area (Å²) in [5.74, 6) is -1.04. The Bertz CT molecular complexity index is 531. The highest BCUT2D eigenvalue weighted by atomic mass is 79.9. The van der Waals surface area contributed by atoms with Crippen LogP contribution in [0.4, 0.5) is 8.78 Å². The fraction of sp³-hybridized carbons (Fsp3) is 0.0833. The lowest BCUT2D eigenvalue weighted by Gasteiger charge is -2.11. The van der Waals surface area contributed by atoms with Crippen LogP contribution in [0.5, 0.6) is 0 Å². The molecule has 0 bridgehead atoms. The monoisotopic (exact) mass is 299 g/mol. The van der Waals surface area contributed by atoms with Gasteiger partial charge < -0.3 is 5.11 Å². The van der Waals surface area contributed by atoms with Gasteiger partial charge in [-0.1, -0.05) is 15.9 Å². The molecule has 0 aliphatic rings. The molecule has 2 rings (SSSR count). The molecular formula is C12H8BrF2NO. The number of pyridine rings is 1. The molecule has 1 aromatic heterocycles. The first kappa shape index (κ1) is 12.1. The van der Waals surface area contributed by atoms with Crippen LogP contribution in [0.2, 0.25) is 0 Å². The average molecular weight is 300 g/mol. The summed E-state index contributed by atoms with van der Waals surface area (Å²) in [6.07, 6.45) is -0.234. The highest BCUT2D eigenvalue weighted by Gasteiger charge is 2.16. The van der Waals surface area contributed by atoms with E-state index in [9.17, 15) is 13.9 Å². The minimum absolute atomic E-state index is 0.0958. The number of hydrogen-bond acceptors (Lipinski definition) is 2. The Morgan fingerprint density at radius 1 is 1.18 bits per heavy atom. The van der Waals surface area contributed by atoms with Crippen molar-refractivity contribution in [1.82, 2.24) is 4.98 Å². The van der Waals surface area contributed by atoms with Crippen molar-refractivity contribution in [2.24, 2.45) is 0 Å². The van der Waals surface area contributed by atoms with Crippen molar-refractivity contribution in [3.05, 3.63) is 63.9 Å². The lowest BCUT2D eigenvalue weighted by atomic mass is 10.1. The predicted molar refractivity (Wildman–Crippen MR) is 62.4 cm³/mol. The number of aromatic nitrogens is 1. The summed E-state index contributed by atoms with van der Waals surface area (Å²) in [5.41, 5.74) is 0.293. The van der Waals surface area contributed by atoms with Crippen molar-refractivity contribution in [3.8, 4) is 0 Å². The van der Waals surface area contributed by atoms with Crippen LogP contribution < -0.4 is 0 Å². The highest BCUT2D eigenvalue weighted by molar-refractivity contribution is 9.10. The molecule has 0 radical (unpaired) electrons. The Labute approximate surface area is 105 Å². The summed E-state index contributed by atoms with van der Waals surface area (Å²) in [4.78, 5) is 3.72. The minimum atomic E-state index is -1.21. The third kappa shape index (κ3) is 2.68. The van der Waals surface area contributed by atoms with E-state index in [0.29, 0.717) is 4.47 Å². The zero-order chi connectivity index (χ0) is 12.4. The third-order valence-corrected chi connectivity index (χ3v) is 2.78. The molecule has 1 unspecified atom stereocenters. The van der Waals surface area contributed by atoms with E-state index in [1.165, 1.54) is 30.3 Å². The van der Waals surface area contributed by atoms with E-state index in [1.54, 1.807) is 0 Å². The summed E-state index contributed by atoms with van der Waals surface area (Å²) in [6, 6.07) is 6.72. The quantitative estimate of drug-likeness (QED) is 0.924. The van der Waals surface area contributed by atoms with Gasteiger partial charge in [-0.25, -0.2) is 8.78 Å². The van der Waals surface area contributed by atoms with Crippen molar-refractivity contribution < 1.29 is 13.9 Å². The second kappa shape index (κ2) is 4.89. The molecule has 1 heterocycles. The van der Waals surface area contributed by atoms with Crippen molar-refractivity contribution in [1.29, 1.82) is 0 Å². The number of rotatable bonds is 2. The summed E-state index contributed by atoms with van der Waals surface area (Å²) in [6.45, 7) is 0. The lowest BCUT2D eigenvalue weighted by Crippen LogP contribution is -2.04. The number of aliphatic hydroxyl groups is 1. The average Bonchev–Trinajstić information content (AvgIpc) is 2.32. The van der Waals surface area contributed by atoms with Crippen LogP contribution in [0, 0.1) is 11.6 Å². The maximum atomic E-state index is 13.5. The largest absolute Gasteiger partial charge is 0.382 e. The molecule has 2 nitrogen and oxygen atoms in total. The summed E-state index contributed by atoms with van der Waals surface area (Å²) in [5, 5.41) is 9.94. The van der Waals surface area contributed by atoms with Crippen LogP contribution in [-0.4, -0.2) is 10.1 Å². The maximum Gasteiger partial charge on any atom is 0.141 e. The molecule has 1 aromatic carbocycles. The van der Waals surface area contributed by atoms with Gasteiger partial charge in [0.15, 0.2) is 0 Å². The molecule has 17 heavy (non-hydrogen) atoms. The van der Waals surface area contributed by atoms with E-state index in [4.69, 9.17) is 0 Å². The highest BCUT2D eigenvalue weighted by Crippen LogP contribution is 2.25. The molecule has 0 saturated heterocycles. The van der Waals surface area contributed by atoms with Gasteiger partial charge in [0, 0.05) is 10.0 Å². The lowest BCUT2D eigenvalue weighted by molar-refractivity contribution is 0.210. The number of nitrogens with zero attached hydrogens (tertiary/aromatic N) is 1. The van der Waals surface area contributed by atoms with Crippen molar-refractivity contribution >= 4 is 15.9 Å². The molecule has 2 aromatic rings. The summed E-state index contributed by atoms with van der Waals surface area (Å²) in [7, 11) is 0. The van der Waals surface area contributed by atoms with Gasteiger partial charge in [0.25, 0.3) is 0 Å². The van der Waals surface area contributed by atoms with Gasteiger partial charge in [0.2, 0.25) is 0 Å². The Balaban J connectivity index is 2.39. The smallest absolute Gasteiger partial charge is 0.141 e. The zero-order valence-corrected chi connectivity index (χ0v) is 10.2. The fourth-order valence-electron chi connectivity index (χ4n) is 1.43. The number of benzene rings is 1. The van der Waals surface area contributed by atoms with E-state index >= 15 is 0 Å². The first-order valence-corrected chi connectivity index (χ1v) is 5.61. The predicted octanol–water partition coefficient (Wildman–Crippen LogP) is 3.20. The van der Waals surface area contributed by atoms with E-state index in [-0.39, 0.29) is 11.3 Å². The molecule has 5 heteroatoms. The molecule has 0 aliphatic heterocycles. The van der Waals surface area contributed by atoms with Crippen molar-refractivity contribution in [2.45, 2.75) is 6.10 Å². The first-order valence-electron chi connectivity index (χ1n) is 4.82. The molecule has 0 fully saturated rings. The minimum Gasteiger partial charge on any atom is -0.382 e. The molecule has 0 saturated carbocycles. The zero-order valence-electron chi connectivity index (χ0n) is 8.57. The molecular weight excluding hydrogens is 292 g/mol. The van der Waals surface area contributed by atoms with E-state index in [0.717, 1.165) is 6.20 Å². The molecule has 1 atom stereocenters. The Kier molecular flexibility index (Phi) is 3.49. The van der Waals surface area contributed by atoms with Crippen LogP contribution >= 0.6 is 15.9 Å². The summed E-state index contributed by atoms with van der Waals surface area (Å²) >= 11 is 3.19. The Morgan fingerprint density at radius 2 is 1.94 bits per heavy atom. The normalized spacial score (nSPS) is 12.5. The van der Waals surface area contributed by atoms with Gasteiger partial charge in [-0.05, 0) is 30.3 Å². The number of aliphatic hydroxyl groups excluding tert-OH is 1. The van der Waals surface area contributed by atoms with Gasteiger partial charge in [-0.2, -0.15) is 0 Å². The molecule has 0 aliphatic carbocycles. The SMILES string of the molecule is OC(c1ccc(F)cn1)c1cc(Br)ccc1F. The molecule has 0 spiro atoms. The van der Waals surface area contributed by atoms with Crippen LogP contribution in [0.15, 0.2) is 41.0 Å². The van der Waals surface area contributed by atoms with Crippen LogP contribution in [0.1, 0.15) is 17.4 Å². The van der Waals surface area contributed by atoms with Gasteiger partial charge >= 0.3 is 0 Å². The van der Waals surface area contributed by atoms with E-state index in [1.807, 2.05) is 0 Å². The van der Waals surface area contributed by atoms with Crippen LogP contribution in [-0.2, 0) is 0 Å². The van der Waals surface area contributed by atoms with E-state index in [2.05, 4.69) is 20.9 Å². The third-order valence-electron chi connectivity index (χ3n) is 2.28. The van der Waals surface area contributed by atoms with Crippen molar-refractivity contribution in [3.63, 3.8) is 0 Å². The topological polar surface area (TPSA) is 33.1 Å². The van der Waals surface area contributed by atoms with Crippen LogP contribution in [0.3, 0.4) is 0 Å². The number of halogens is 3. The number of hydrogen-bond donors (Lipinski definition) is 1. The second-order valence-corrected chi connectivity index (χ2v) is 4.39. The molecule has 1 N–H and O–H groups in total. The van der Waals surface area contributed by atoms with Gasteiger partial charge in [-0.15, -0.1) is 0 Å².